The van der Waals surface area contributed by atoms with Gasteiger partial charge in [-0.15, -0.1) is 5.10 Å². The second-order valence-corrected chi connectivity index (χ2v) is 7.43. The van der Waals surface area contributed by atoms with Crippen molar-refractivity contribution in [1.82, 2.24) is 30.7 Å². The molecular formula is C19H12Cl2N8O4. The van der Waals surface area contributed by atoms with Gasteiger partial charge >= 0.3 is 0 Å². The molecule has 0 bridgehead atoms. The number of nitrogens with zero attached hydrogens (tertiary/aromatic N) is 6. The average molecular weight is 487 g/mol. The first-order valence-corrected chi connectivity index (χ1v) is 9.99. The van der Waals surface area contributed by atoms with Gasteiger partial charge < -0.3 is 15.2 Å². The van der Waals surface area contributed by atoms with E-state index >= 15 is 0 Å². The summed E-state index contributed by atoms with van der Waals surface area (Å²) in [6.45, 7) is 0.0905. The molecule has 1 amide bonds. The van der Waals surface area contributed by atoms with Crippen LogP contribution in [0.2, 0.25) is 10.0 Å². The Bertz CT molecular complexity index is 1400. The highest BCUT2D eigenvalue weighted by atomic mass is 35.5. The SMILES string of the molecule is Nc1nonc1-n1nnc(C(=O)N/N=C\c2ccc(Cl)c(Cl)c2)c1-c1ccc2c(c1)OCO2. The number of nitrogen functional groups attached to an aromatic ring is 1. The van der Waals surface area contributed by atoms with Crippen LogP contribution in [0.4, 0.5) is 5.82 Å². The molecule has 0 saturated heterocycles. The molecule has 3 heterocycles. The number of anilines is 1. The van der Waals surface area contributed by atoms with Gasteiger partial charge in [0.05, 0.1) is 16.3 Å². The summed E-state index contributed by atoms with van der Waals surface area (Å²) in [6, 6.07) is 10.0. The predicted octanol–water partition coefficient (Wildman–Crippen LogP) is 2.70. The van der Waals surface area contributed by atoms with Crippen LogP contribution >= 0.6 is 23.2 Å². The number of nitrogens with two attached hydrogens (primary N) is 1. The number of nitrogens with one attached hydrogen (secondary N) is 1. The van der Waals surface area contributed by atoms with Crippen molar-refractivity contribution in [2.45, 2.75) is 0 Å². The molecule has 0 atom stereocenters. The van der Waals surface area contributed by atoms with E-state index in [0.29, 0.717) is 32.7 Å². The Labute approximate surface area is 194 Å². The zero-order valence-electron chi connectivity index (χ0n) is 16.4. The van der Waals surface area contributed by atoms with Crippen molar-refractivity contribution in [3.05, 3.63) is 57.7 Å². The third-order valence-electron chi connectivity index (χ3n) is 4.55. The number of halogens is 2. The maximum atomic E-state index is 12.9. The van der Waals surface area contributed by atoms with Gasteiger partial charge in [0.2, 0.25) is 18.4 Å². The second kappa shape index (κ2) is 8.41. The number of rotatable bonds is 5. The molecular weight excluding hydrogens is 475 g/mol. The number of benzene rings is 2. The van der Waals surface area contributed by atoms with E-state index in [4.69, 9.17) is 38.4 Å². The molecule has 0 fully saturated rings. The van der Waals surface area contributed by atoms with Crippen LogP contribution < -0.4 is 20.6 Å². The fraction of sp³-hybridized carbons (Fsp3) is 0.0526. The fourth-order valence-electron chi connectivity index (χ4n) is 3.03. The first kappa shape index (κ1) is 20.7. The van der Waals surface area contributed by atoms with Gasteiger partial charge in [0.1, 0.15) is 5.69 Å². The molecule has 1 aliphatic heterocycles. The second-order valence-electron chi connectivity index (χ2n) is 6.61. The van der Waals surface area contributed by atoms with Gasteiger partial charge in [-0.05, 0) is 46.2 Å². The Balaban J connectivity index is 1.50. The topological polar surface area (TPSA) is 156 Å². The number of hydrazone groups is 1. The van der Waals surface area contributed by atoms with Crippen molar-refractivity contribution < 1.29 is 18.9 Å². The molecule has 2 aromatic carbocycles. The van der Waals surface area contributed by atoms with Gasteiger partial charge in [-0.25, -0.2) is 10.1 Å². The Kier molecular flexibility index (Phi) is 5.28. The highest BCUT2D eigenvalue weighted by molar-refractivity contribution is 6.42. The maximum absolute atomic E-state index is 12.9. The minimum absolute atomic E-state index is 0.0357. The summed E-state index contributed by atoms with van der Waals surface area (Å²) in [5, 5.41) is 20.0. The molecule has 4 aromatic rings. The molecule has 3 N–H and O–H groups in total. The number of hydrogen-bond acceptors (Lipinski definition) is 10. The highest BCUT2D eigenvalue weighted by Gasteiger charge is 2.26. The number of hydrogen-bond donors (Lipinski definition) is 2. The highest BCUT2D eigenvalue weighted by Crippen LogP contribution is 2.37. The van der Waals surface area contributed by atoms with Gasteiger partial charge in [-0.3, -0.25) is 4.79 Å². The molecule has 14 heteroatoms. The molecule has 0 unspecified atom stereocenters. The first-order valence-electron chi connectivity index (χ1n) is 9.24. The van der Waals surface area contributed by atoms with E-state index in [2.05, 4.69) is 35.8 Å². The van der Waals surface area contributed by atoms with E-state index in [1.165, 1.54) is 10.9 Å². The standard InChI is InChI=1S/C19H12Cl2N8O4/c20-11-3-1-9(5-12(11)21)7-23-25-19(30)15-16(10-2-4-13-14(6-10)32-8-31-13)29(28-24-15)18-17(22)26-33-27-18/h1-7H,8H2,(H2,22,26)(H,25,30)/b23-7-. The lowest BCUT2D eigenvalue weighted by atomic mass is 10.1. The van der Waals surface area contributed by atoms with Gasteiger partial charge in [-0.1, -0.05) is 34.5 Å². The lowest BCUT2D eigenvalue weighted by Crippen LogP contribution is -2.19. The van der Waals surface area contributed by atoms with Crippen molar-refractivity contribution in [3.8, 4) is 28.6 Å². The number of carbonyl (C=O) groups is 1. The summed E-state index contributed by atoms with van der Waals surface area (Å²) in [5.74, 6) is 0.452. The van der Waals surface area contributed by atoms with E-state index in [9.17, 15) is 4.79 Å². The smallest absolute Gasteiger partial charge is 0.294 e. The van der Waals surface area contributed by atoms with Crippen LogP contribution in [-0.4, -0.2) is 44.2 Å². The van der Waals surface area contributed by atoms with Crippen LogP contribution in [0.25, 0.3) is 17.1 Å². The maximum Gasteiger partial charge on any atom is 0.294 e. The van der Waals surface area contributed by atoms with Crippen LogP contribution in [0.3, 0.4) is 0 Å². The number of carbonyl (C=O) groups excluding carboxylic acids is 1. The minimum atomic E-state index is -0.639. The molecule has 0 radical (unpaired) electrons. The number of amides is 1. The normalized spacial score (nSPS) is 12.4. The van der Waals surface area contributed by atoms with Crippen LogP contribution in [-0.2, 0) is 0 Å². The van der Waals surface area contributed by atoms with E-state index < -0.39 is 5.91 Å². The quantitative estimate of drug-likeness (QED) is 0.319. The Morgan fingerprint density at radius 3 is 2.76 bits per heavy atom. The summed E-state index contributed by atoms with van der Waals surface area (Å²) in [7, 11) is 0. The van der Waals surface area contributed by atoms with Gasteiger partial charge in [0, 0.05) is 5.56 Å². The molecule has 0 spiro atoms. The van der Waals surface area contributed by atoms with Crippen molar-refractivity contribution in [2.24, 2.45) is 5.10 Å². The number of ether oxygens (including phenoxy) is 2. The summed E-state index contributed by atoms with van der Waals surface area (Å²) in [5.41, 5.74) is 9.60. The van der Waals surface area contributed by atoms with Gasteiger partial charge in [0.15, 0.2) is 17.2 Å². The van der Waals surface area contributed by atoms with E-state index in [0.717, 1.165) is 0 Å². The molecule has 12 nitrogen and oxygen atoms in total. The van der Waals surface area contributed by atoms with Crippen LogP contribution in [0.15, 0.2) is 46.1 Å². The van der Waals surface area contributed by atoms with Gasteiger partial charge in [-0.2, -0.15) is 9.78 Å². The van der Waals surface area contributed by atoms with Crippen LogP contribution in [0.5, 0.6) is 11.5 Å². The van der Waals surface area contributed by atoms with E-state index in [1.54, 1.807) is 36.4 Å². The summed E-state index contributed by atoms with van der Waals surface area (Å²) >= 11 is 11.9. The summed E-state index contributed by atoms with van der Waals surface area (Å²) in [4.78, 5) is 12.9. The number of fused-ring (bicyclic) bond motifs is 1. The molecule has 0 saturated carbocycles. The van der Waals surface area contributed by atoms with Crippen molar-refractivity contribution in [3.63, 3.8) is 0 Å². The minimum Gasteiger partial charge on any atom is -0.454 e. The average Bonchev–Trinajstić information content (AvgIpc) is 3.54. The molecule has 1 aliphatic rings. The lowest BCUT2D eigenvalue weighted by molar-refractivity contribution is 0.0950. The number of aromatic nitrogens is 5. The largest absolute Gasteiger partial charge is 0.454 e. The lowest BCUT2D eigenvalue weighted by Gasteiger charge is -2.07. The fourth-order valence-corrected chi connectivity index (χ4v) is 3.34. The molecule has 166 valence electrons. The zero-order chi connectivity index (χ0) is 22.9. The van der Waals surface area contributed by atoms with Crippen LogP contribution in [0, 0.1) is 0 Å². The summed E-state index contributed by atoms with van der Waals surface area (Å²) in [6.07, 6.45) is 1.41. The third-order valence-corrected chi connectivity index (χ3v) is 5.29. The molecule has 5 rings (SSSR count). The van der Waals surface area contributed by atoms with Crippen LogP contribution in [0.1, 0.15) is 16.1 Å². The van der Waals surface area contributed by atoms with Crippen molar-refractivity contribution in [1.29, 1.82) is 0 Å². The van der Waals surface area contributed by atoms with E-state index in [-0.39, 0.29) is 29.8 Å². The predicted molar refractivity (Wildman–Crippen MR) is 117 cm³/mol. The monoisotopic (exact) mass is 486 g/mol. The first-order chi connectivity index (χ1) is 16.0. The Morgan fingerprint density at radius 2 is 1.97 bits per heavy atom. The molecule has 2 aromatic heterocycles. The molecule has 33 heavy (non-hydrogen) atoms. The Hall–Kier alpha value is -4.16. The Morgan fingerprint density at radius 1 is 1.12 bits per heavy atom. The van der Waals surface area contributed by atoms with E-state index in [1.807, 2.05) is 0 Å². The van der Waals surface area contributed by atoms with Crippen molar-refractivity contribution >= 4 is 41.1 Å². The van der Waals surface area contributed by atoms with Crippen molar-refractivity contribution in [2.75, 3.05) is 12.5 Å². The van der Waals surface area contributed by atoms with Gasteiger partial charge in [0.25, 0.3) is 5.91 Å². The molecule has 0 aliphatic carbocycles. The zero-order valence-corrected chi connectivity index (χ0v) is 17.9. The summed E-state index contributed by atoms with van der Waals surface area (Å²) < 4.78 is 16.7. The third kappa shape index (κ3) is 3.92.